The number of hydrogen-bond donors (Lipinski definition) is 2. The second-order valence-corrected chi connectivity index (χ2v) is 7.09. The molecule has 104 valence electrons. The first-order valence-corrected chi connectivity index (χ1v) is 8.11. The van der Waals surface area contributed by atoms with Crippen LogP contribution in [0.3, 0.4) is 0 Å². The van der Waals surface area contributed by atoms with Crippen LogP contribution in [-0.2, 0) is 14.6 Å². The zero-order valence-electron chi connectivity index (χ0n) is 10.8. The van der Waals surface area contributed by atoms with Crippen LogP contribution in [0.1, 0.15) is 19.8 Å². The molecule has 2 rings (SSSR count). The summed E-state index contributed by atoms with van der Waals surface area (Å²) in [5, 5.41) is 5.91. The summed E-state index contributed by atoms with van der Waals surface area (Å²) in [5.74, 6) is 0.381. The summed E-state index contributed by atoms with van der Waals surface area (Å²) in [7, 11) is -2.90. The lowest BCUT2D eigenvalue weighted by molar-refractivity contribution is -0.114. The molecular formula is C13H18N2O3S. The van der Waals surface area contributed by atoms with Crippen LogP contribution in [0.25, 0.3) is 0 Å². The molecular weight excluding hydrogens is 264 g/mol. The first kappa shape index (κ1) is 13.9. The van der Waals surface area contributed by atoms with Gasteiger partial charge < -0.3 is 10.6 Å². The van der Waals surface area contributed by atoms with Gasteiger partial charge in [0.25, 0.3) is 0 Å². The summed E-state index contributed by atoms with van der Waals surface area (Å²) in [6.45, 7) is 1.46. The predicted molar refractivity (Wildman–Crippen MR) is 76.0 cm³/mol. The summed E-state index contributed by atoms with van der Waals surface area (Å²) < 4.78 is 23.1. The quantitative estimate of drug-likeness (QED) is 0.883. The van der Waals surface area contributed by atoms with E-state index in [9.17, 15) is 13.2 Å². The Balaban J connectivity index is 1.97. The number of carbonyl (C=O) groups is 1. The Morgan fingerprint density at radius 2 is 1.84 bits per heavy atom. The first-order valence-electron chi connectivity index (χ1n) is 6.29. The zero-order valence-corrected chi connectivity index (χ0v) is 11.7. The van der Waals surface area contributed by atoms with Crippen molar-refractivity contribution in [1.29, 1.82) is 0 Å². The highest BCUT2D eigenvalue weighted by molar-refractivity contribution is 7.91. The standard InChI is InChI=1S/C13H18N2O3S/c1-10(16)14-11-4-6-12(7-5-11)15-13-3-2-8-19(17,18)9-13/h4-7,13,15H,2-3,8-9H2,1H3,(H,14,16). The molecule has 0 bridgehead atoms. The fourth-order valence-corrected chi connectivity index (χ4v) is 3.86. The lowest BCUT2D eigenvalue weighted by Gasteiger charge is -2.24. The molecule has 1 amide bonds. The van der Waals surface area contributed by atoms with E-state index in [0.29, 0.717) is 12.2 Å². The fourth-order valence-electron chi connectivity index (χ4n) is 2.23. The molecule has 0 aliphatic carbocycles. The highest BCUT2D eigenvalue weighted by atomic mass is 32.2. The molecule has 1 saturated heterocycles. The Kier molecular flexibility index (Phi) is 4.09. The third-order valence-electron chi connectivity index (χ3n) is 3.04. The Morgan fingerprint density at radius 1 is 1.21 bits per heavy atom. The molecule has 2 N–H and O–H groups in total. The molecule has 1 aromatic rings. The topological polar surface area (TPSA) is 75.3 Å². The third-order valence-corrected chi connectivity index (χ3v) is 4.86. The molecule has 1 aliphatic heterocycles. The van der Waals surface area contributed by atoms with E-state index in [1.807, 2.05) is 12.1 Å². The van der Waals surface area contributed by atoms with Gasteiger partial charge in [0.1, 0.15) is 0 Å². The highest BCUT2D eigenvalue weighted by Crippen LogP contribution is 2.19. The van der Waals surface area contributed by atoms with Gasteiger partial charge in [-0.1, -0.05) is 0 Å². The van der Waals surface area contributed by atoms with Crippen molar-refractivity contribution in [3.05, 3.63) is 24.3 Å². The molecule has 1 heterocycles. The fraction of sp³-hybridized carbons (Fsp3) is 0.462. The lowest BCUT2D eigenvalue weighted by Crippen LogP contribution is -2.34. The Hall–Kier alpha value is -1.56. The second kappa shape index (κ2) is 5.61. The molecule has 0 aromatic heterocycles. The third kappa shape index (κ3) is 4.24. The van der Waals surface area contributed by atoms with Crippen molar-refractivity contribution in [3.8, 4) is 0 Å². The molecule has 19 heavy (non-hydrogen) atoms. The van der Waals surface area contributed by atoms with Crippen LogP contribution >= 0.6 is 0 Å². The minimum absolute atomic E-state index is 0.0228. The van der Waals surface area contributed by atoms with Crippen molar-refractivity contribution in [1.82, 2.24) is 0 Å². The first-order chi connectivity index (χ1) is 8.94. The van der Waals surface area contributed by atoms with E-state index < -0.39 is 9.84 Å². The second-order valence-electron chi connectivity index (χ2n) is 4.86. The average Bonchev–Trinajstić information content (AvgIpc) is 2.30. The number of benzene rings is 1. The minimum atomic E-state index is -2.90. The Bertz CT molecular complexity index is 552. The summed E-state index contributed by atoms with van der Waals surface area (Å²) >= 11 is 0. The average molecular weight is 282 g/mol. The van der Waals surface area contributed by atoms with Crippen molar-refractivity contribution >= 4 is 27.1 Å². The van der Waals surface area contributed by atoms with Gasteiger partial charge in [-0.15, -0.1) is 0 Å². The molecule has 1 aliphatic rings. The van der Waals surface area contributed by atoms with Crippen molar-refractivity contribution in [2.75, 3.05) is 22.1 Å². The van der Waals surface area contributed by atoms with E-state index >= 15 is 0 Å². The lowest BCUT2D eigenvalue weighted by atomic mass is 10.1. The molecule has 1 fully saturated rings. The van der Waals surface area contributed by atoms with E-state index in [0.717, 1.165) is 17.8 Å². The maximum atomic E-state index is 11.5. The predicted octanol–water partition coefficient (Wildman–Crippen LogP) is 1.63. The summed E-state index contributed by atoms with van der Waals surface area (Å²) in [6.07, 6.45) is 1.58. The zero-order chi connectivity index (χ0) is 13.9. The Morgan fingerprint density at radius 3 is 2.42 bits per heavy atom. The van der Waals surface area contributed by atoms with Crippen molar-refractivity contribution in [2.45, 2.75) is 25.8 Å². The highest BCUT2D eigenvalue weighted by Gasteiger charge is 2.24. The number of rotatable bonds is 3. The largest absolute Gasteiger partial charge is 0.381 e. The van der Waals surface area contributed by atoms with Gasteiger partial charge in [0, 0.05) is 24.3 Å². The molecule has 0 saturated carbocycles. The van der Waals surface area contributed by atoms with Crippen LogP contribution in [0, 0.1) is 0 Å². The van der Waals surface area contributed by atoms with Gasteiger partial charge in [-0.2, -0.15) is 0 Å². The van der Waals surface area contributed by atoms with Gasteiger partial charge in [0.15, 0.2) is 9.84 Å². The van der Waals surface area contributed by atoms with Crippen LogP contribution in [0.4, 0.5) is 11.4 Å². The molecule has 0 radical (unpaired) electrons. The Labute approximate surface area is 113 Å². The monoisotopic (exact) mass is 282 g/mol. The maximum absolute atomic E-state index is 11.5. The molecule has 1 aromatic carbocycles. The minimum Gasteiger partial charge on any atom is -0.381 e. The molecule has 5 nitrogen and oxygen atoms in total. The van der Waals surface area contributed by atoms with Gasteiger partial charge in [-0.25, -0.2) is 8.42 Å². The van der Waals surface area contributed by atoms with E-state index in [-0.39, 0.29) is 17.7 Å². The van der Waals surface area contributed by atoms with Crippen LogP contribution in [-0.4, -0.2) is 31.9 Å². The number of amides is 1. The summed E-state index contributed by atoms with van der Waals surface area (Å²) in [4.78, 5) is 10.9. The molecule has 6 heteroatoms. The number of anilines is 2. The van der Waals surface area contributed by atoms with Crippen molar-refractivity contribution in [2.24, 2.45) is 0 Å². The van der Waals surface area contributed by atoms with E-state index in [1.54, 1.807) is 12.1 Å². The summed E-state index contributed by atoms with van der Waals surface area (Å²) in [6, 6.07) is 7.24. The van der Waals surface area contributed by atoms with E-state index in [2.05, 4.69) is 10.6 Å². The molecule has 1 unspecified atom stereocenters. The van der Waals surface area contributed by atoms with E-state index in [4.69, 9.17) is 0 Å². The van der Waals surface area contributed by atoms with E-state index in [1.165, 1.54) is 6.92 Å². The maximum Gasteiger partial charge on any atom is 0.221 e. The molecule has 0 spiro atoms. The summed E-state index contributed by atoms with van der Waals surface area (Å²) in [5.41, 5.74) is 1.60. The number of nitrogens with one attached hydrogen (secondary N) is 2. The van der Waals surface area contributed by atoms with Gasteiger partial charge >= 0.3 is 0 Å². The smallest absolute Gasteiger partial charge is 0.221 e. The van der Waals surface area contributed by atoms with Crippen LogP contribution in [0.5, 0.6) is 0 Å². The molecule has 1 atom stereocenters. The van der Waals surface area contributed by atoms with Crippen LogP contribution < -0.4 is 10.6 Å². The van der Waals surface area contributed by atoms with Gasteiger partial charge in [-0.3, -0.25) is 4.79 Å². The number of sulfone groups is 1. The van der Waals surface area contributed by atoms with Crippen LogP contribution in [0.15, 0.2) is 24.3 Å². The van der Waals surface area contributed by atoms with Gasteiger partial charge in [0.05, 0.1) is 11.5 Å². The van der Waals surface area contributed by atoms with Gasteiger partial charge in [0.2, 0.25) is 5.91 Å². The normalized spacial score (nSPS) is 21.6. The number of carbonyl (C=O) groups excluding carboxylic acids is 1. The van der Waals surface area contributed by atoms with Crippen molar-refractivity contribution in [3.63, 3.8) is 0 Å². The van der Waals surface area contributed by atoms with Crippen LogP contribution in [0.2, 0.25) is 0 Å². The number of hydrogen-bond acceptors (Lipinski definition) is 4. The SMILES string of the molecule is CC(=O)Nc1ccc(NC2CCCS(=O)(=O)C2)cc1. The van der Waals surface area contributed by atoms with Gasteiger partial charge in [-0.05, 0) is 37.1 Å². The van der Waals surface area contributed by atoms with Crippen molar-refractivity contribution < 1.29 is 13.2 Å².